The van der Waals surface area contributed by atoms with Crippen molar-refractivity contribution in [2.24, 2.45) is 5.73 Å². The Morgan fingerprint density at radius 3 is 2.82 bits per heavy atom. The molecular weight excluding hydrogens is 212 g/mol. The summed E-state index contributed by atoms with van der Waals surface area (Å²) in [6.45, 7) is 5.18. The highest BCUT2D eigenvalue weighted by atomic mass is 15.3. The van der Waals surface area contributed by atoms with E-state index in [4.69, 9.17) is 5.73 Å². The van der Waals surface area contributed by atoms with E-state index in [0.29, 0.717) is 6.04 Å². The molecule has 1 saturated heterocycles. The van der Waals surface area contributed by atoms with Gasteiger partial charge in [-0.1, -0.05) is 0 Å². The highest BCUT2D eigenvalue weighted by Gasteiger charge is 2.24. The minimum Gasteiger partial charge on any atom is -0.330 e. The molecule has 2 N–H and O–H groups in total. The van der Waals surface area contributed by atoms with Gasteiger partial charge in [-0.2, -0.15) is 0 Å². The van der Waals surface area contributed by atoms with Gasteiger partial charge in [0.2, 0.25) is 0 Å². The van der Waals surface area contributed by atoms with Crippen LogP contribution in [0.25, 0.3) is 0 Å². The van der Waals surface area contributed by atoms with Crippen molar-refractivity contribution in [3.05, 3.63) is 30.1 Å². The number of rotatable bonds is 4. The van der Waals surface area contributed by atoms with Gasteiger partial charge in [0.25, 0.3) is 0 Å². The summed E-state index contributed by atoms with van der Waals surface area (Å²) < 4.78 is 0. The smallest absolute Gasteiger partial charge is 0.0271 e. The zero-order valence-electron chi connectivity index (χ0n) is 10.5. The zero-order valence-corrected chi connectivity index (χ0v) is 10.5. The van der Waals surface area contributed by atoms with Crippen LogP contribution in [0.4, 0.5) is 0 Å². The Morgan fingerprint density at radius 1 is 1.35 bits per heavy atom. The van der Waals surface area contributed by atoms with Gasteiger partial charge >= 0.3 is 0 Å². The molecule has 2 rings (SSSR count). The Morgan fingerprint density at radius 2 is 2.12 bits per heavy atom. The fourth-order valence-electron chi connectivity index (χ4n) is 2.45. The van der Waals surface area contributed by atoms with Gasteiger partial charge in [0.15, 0.2) is 0 Å². The second-order valence-electron chi connectivity index (χ2n) is 4.82. The first-order valence-electron chi connectivity index (χ1n) is 6.31. The Labute approximate surface area is 103 Å². The molecule has 0 radical (unpaired) electrons. The number of nitrogens with two attached hydrogens (primary N) is 1. The Hall–Kier alpha value is -0.970. The van der Waals surface area contributed by atoms with E-state index in [-0.39, 0.29) is 0 Å². The van der Waals surface area contributed by atoms with Crippen molar-refractivity contribution in [3.63, 3.8) is 0 Å². The van der Waals surface area contributed by atoms with E-state index < -0.39 is 0 Å². The van der Waals surface area contributed by atoms with Crippen molar-refractivity contribution in [2.45, 2.75) is 19.0 Å². The molecule has 1 fully saturated rings. The highest BCUT2D eigenvalue weighted by Crippen LogP contribution is 2.14. The van der Waals surface area contributed by atoms with Crippen molar-refractivity contribution in [3.8, 4) is 0 Å². The van der Waals surface area contributed by atoms with Gasteiger partial charge in [-0.05, 0) is 37.7 Å². The van der Waals surface area contributed by atoms with Gasteiger partial charge in [0, 0.05) is 44.6 Å². The summed E-state index contributed by atoms with van der Waals surface area (Å²) in [5.74, 6) is 0. The number of hydrogen-bond acceptors (Lipinski definition) is 4. The predicted molar refractivity (Wildman–Crippen MR) is 69.6 cm³/mol. The molecular formula is C13H22N4. The fourth-order valence-corrected chi connectivity index (χ4v) is 2.45. The predicted octanol–water partition coefficient (Wildman–Crippen LogP) is 0.546. The van der Waals surface area contributed by atoms with Crippen molar-refractivity contribution in [2.75, 3.05) is 33.2 Å². The molecule has 1 atom stereocenters. The highest BCUT2D eigenvalue weighted by molar-refractivity contribution is 5.09. The summed E-state index contributed by atoms with van der Waals surface area (Å²) in [6.07, 6.45) is 4.81. The number of nitrogens with zero attached hydrogens (tertiary/aromatic N) is 3. The molecule has 0 amide bonds. The van der Waals surface area contributed by atoms with E-state index in [1.807, 2.05) is 12.4 Å². The average molecular weight is 234 g/mol. The maximum atomic E-state index is 5.71. The molecule has 4 heteroatoms. The number of piperazine rings is 1. The molecule has 1 aliphatic rings. The number of likely N-dealkylation sites (N-methyl/N-ethyl adjacent to an activating group) is 1. The molecule has 0 aliphatic carbocycles. The molecule has 4 nitrogen and oxygen atoms in total. The molecule has 2 heterocycles. The second-order valence-corrected chi connectivity index (χ2v) is 4.82. The maximum Gasteiger partial charge on any atom is 0.0271 e. The third kappa shape index (κ3) is 3.49. The zero-order chi connectivity index (χ0) is 12.1. The normalized spacial score (nSPS) is 22.8. The van der Waals surface area contributed by atoms with Gasteiger partial charge in [-0.15, -0.1) is 0 Å². The average Bonchev–Trinajstić information content (AvgIpc) is 2.34. The summed E-state index contributed by atoms with van der Waals surface area (Å²) in [5, 5.41) is 0. The van der Waals surface area contributed by atoms with Crippen molar-refractivity contribution >= 4 is 0 Å². The molecule has 1 unspecified atom stereocenters. The molecule has 1 aliphatic heterocycles. The molecule has 17 heavy (non-hydrogen) atoms. The monoisotopic (exact) mass is 234 g/mol. The Balaban J connectivity index is 1.98. The molecule has 0 bridgehead atoms. The van der Waals surface area contributed by atoms with Crippen molar-refractivity contribution < 1.29 is 0 Å². The first-order chi connectivity index (χ1) is 8.29. The molecule has 1 aromatic heterocycles. The van der Waals surface area contributed by atoms with E-state index in [2.05, 4.69) is 34.0 Å². The molecule has 94 valence electrons. The summed E-state index contributed by atoms with van der Waals surface area (Å²) in [7, 11) is 2.19. The first kappa shape index (κ1) is 12.5. The standard InChI is InChI=1S/C13H22N4/c1-16-8-9-17(13(11-16)2-5-14)10-12-3-6-15-7-4-12/h3-4,6-7,13H,2,5,8-11,14H2,1H3. The van der Waals surface area contributed by atoms with Crippen LogP contribution in [0.2, 0.25) is 0 Å². The molecule has 1 aromatic rings. The van der Waals surface area contributed by atoms with E-state index in [1.165, 1.54) is 5.56 Å². The van der Waals surface area contributed by atoms with E-state index >= 15 is 0 Å². The molecule has 0 aromatic carbocycles. The van der Waals surface area contributed by atoms with E-state index in [9.17, 15) is 0 Å². The summed E-state index contributed by atoms with van der Waals surface area (Å²) in [4.78, 5) is 9.00. The van der Waals surface area contributed by atoms with Gasteiger partial charge < -0.3 is 10.6 Å². The van der Waals surface area contributed by atoms with Crippen LogP contribution in [0, 0.1) is 0 Å². The first-order valence-corrected chi connectivity index (χ1v) is 6.31. The third-order valence-electron chi connectivity index (χ3n) is 3.44. The number of pyridine rings is 1. The Kier molecular flexibility index (Phi) is 4.48. The van der Waals surface area contributed by atoms with Gasteiger partial charge in [-0.3, -0.25) is 9.88 Å². The SMILES string of the molecule is CN1CCN(Cc2ccncc2)C(CCN)C1. The summed E-state index contributed by atoms with van der Waals surface area (Å²) in [6, 6.07) is 4.78. The minimum atomic E-state index is 0.590. The summed E-state index contributed by atoms with van der Waals surface area (Å²) >= 11 is 0. The largest absolute Gasteiger partial charge is 0.330 e. The lowest BCUT2D eigenvalue weighted by Crippen LogP contribution is -2.51. The number of aromatic nitrogens is 1. The van der Waals surface area contributed by atoms with Crippen molar-refractivity contribution in [1.29, 1.82) is 0 Å². The van der Waals surface area contributed by atoms with Crippen LogP contribution in [0.3, 0.4) is 0 Å². The second kappa shape index (κ2) is 6.10. The van der Waals surface area contributed by atoms with Crippen molar-refractivity contribution in [1.82, 2.24) is 14.8 Å². The van der Waals surface area contributed by atoms with Crippen LogP contribution >= 0.6 is 0 Å². The molecule has 0 saturated carbocycles. The lowest BCUT2D eigenvalue weighted by molar-refractivity contribution is 0.0797. The van der Waals surface area contributed by atoms with Crippen LogP contribution in [-0.4, -0.2) is 54.1 Å². The van der Waals surface area contributed by atoms with Crippen LogP contribution in [0.5, 0.6) is 0 Å². The van der Waals surface area contributed by atoms with Crippen LogP contribution in [0.15, 0.2) is 24.5 Å². The van der Waals surface area contributed by atoms with Gasteiger partial charge in [-0.25, -0.2) is 0 Å². The number of hydrogen-bond donors (Lipinski definition) is 1. The van der Waals surface area contributed by atoms with Crippen LogP contribution in [-0.2, 0) is 6.54 Å². The van der Waals surface area contributed by atoms with Crippen LogP contribution < -0.4 is 5.73 Å². The maximum absolute atomic E-state index is 5.71. The van der Waals surface area contributed by atoms with Crippen LogP contribution in [0.1, 0.15) is 12.0 Å². The summed E-state index contributed by atoms with van der Waals surface area (Å²) in [5.41, 5.74) is 7.04. The van der Waals surface area contributed by atoms with Gasteiger partial charge in [0.05, 0.1) is 0 Å². The molecule has 0 spiro atoms. The van der Waals surface area contributed by atoms with E-state index in [0.717, 1.165) is 39.1 Å². The topological polar surface area (TPSA) is 45.4 Å². The minimum absolute atomic E-state index is 0.590. The van der Waals surface area contributed by atoms with Gasteiger partial charge in [0.1, 0.15) is 0 Å². The lowest BCUT2D eigenvalue weighted by Gasteiger charge is -2.40. The third-order valence-corrected chi connectivity index (χ3v) is 3.44. The lowest BCUT2D eigenvalue weighted by atomic mass is 10.1. The van der Waals surface area contributed by atoms with E-state index in [1.54, 1.807) is 0 Å². The fraction of sp³-hybridized carbons (Fsp3) is 0.615. The quantitative estimate of drug-likeness (QED) is 0.826. The Bertz CT molecular complexity index is 327.